The van der Waals surface area contributed by atoms with Crippen molar-refractivity contribution in [1.82, 2.24) is 15.1 Å². The van der Waals surface area contributed by atoms with Gasteiger partial charge in [-0.25, -0.2) is 0 Å². The van der Waals surface area contributed by atoms with Crippen LogP contribution in [0.1, 0.15) is 51.9 Å². The maximum absolute atomic E-state index is 12.6. The summed E-state index contributed by atoms with van der Waals surface area (Å²) in [5, 5.41) is 3.41. The number of hydrogen-bond acceptors (Lipinski definition) is 3. The highest BCUT2D eigenvalue weighted by molar-refractivity contribution is 5.78. The molecule has 0 spiro atoms. The van der Waals surface area contributed by atoms with Crippen LogP contribution in [0.5, 0.6) is 0 Å². The summed E-state index contributed by atoms with van der Waals surface area (Å²) in [6.07, 6.45) is 8.84. The summed E-state index contributed by atoms with van der Waals surface area (Å²) < 4.78 is 0. The van der Waals surface area contributed by atoms with Gasteiger partial charge < -0.3 is 10.2 Å². The second kappa shape index (κ2) is 8.74. The van der Waals surface area contributed by atoms with Gasteiger partial charge in [-0.3, -0.25) is 9.69 Å². The molecule has 1 saturated carbocycles. The Bertz CT molecular complexity index is 309. The van der Waals surface area contributed by atoms with Crippen molar-refractivity contribution in [2.75, 3.05) is 39.8 Å². The summed E-state index contributed by atoms with van der Waals surface area (Å²) >= 11 is 0. The van der Waals surface area contributed by atoms with E-state index in [1.54, 1.807) is 0 Å². The maximum Gasteiger partial charge on any atom is 0.236 e. The Balaban J connectivity index is 1.77. The Hall–Kier alpha value is -0.610. The molecular formula is C17H33N3O. The molecule has 0 radical (unpaired) electrons. The molecule has 0 atom stereocenters. The Morgan fingerprint density at radius 1 is 1.10 bits per heavy atom. The van der Waals surface area contributed by atoms with Crippen LogP contribution in [0.25, 0.3) is 0 Å². The number of piperidine rings is 1. The fourth-order valence-corrected chi connectivity index (χ4v) is 3.92. The minimum Gasteiger partial charge on any atom is -0.339 e. The first-order valence-corrected chi connectivity index (χ1v) is 8.89. The third kappa shape index (κ3) is 5.26. The van der Waals surface area contributed by atoms with E-state index in [0.717, 1.165) is 32.1 Å². The number of carbonyl (C=O) groups excluding carboxylic acids is 1. The Morgan fingerprint density at radius 3 is 2.38 bits per heavy atom. The first-order valence-electron chi connectivity index (χ1n) is 8.89. The van der Waals surface area contributed by atoms with Crippen LogP contribution in [0, 0.1) is 5.92 Å². The van der Waals surface area contributed by atoms with Gasteiger partial charge in [0.15, 0.2) is 0 Å². The molecule has 122 valence electrons. The minimum absolute atomic E-state index is 0.334. The lowest BCUT2D eigenvalue weighted by Crippen LogP contribution is -2.46. The number of nitrogens with zero attached hydrogens (tertiary/aromatic N) is 2. The molecule has 0 aromatic carbocycles. The third-order valence-corrected chi connectivity index (χ3v) is 5.11. The van der Waals surface area contributed by atoms with E-state index in [-0.39, 0.29) is 0 Å². The van der Waals surface area contributed by atoms with Crippen molar-refractivity contribution in [1.29, 1.82) is 0 Å². The van der Waals surface area contributed by atoms with Crippen LogP contribution in [-0.4, -0.2) is 61.5 Å². The van der Waals surface area contributed by atoms with Crippen molar-refractivity contribution in [3.8, 4) is 0 Å². The lowest BCUT2D eigenvalue weighted by Gasteiger charge is -2.35. The van der Waals surface area contributed by atoms with Crippen LogP contribution in [0.15, 0.2) is 0 Å². The van der Waals surface area contributed by atoms with Gasteiger partial charge in [-0.05, 0) is 58.7 Å². The largest absolute Gasteiger partial charge is 0.339 e. The normalized spacial score (nSPS) is 21.7. The van der Waals surface area contributed by atoms with Gasteiger partial charge in [-0.15, -0.1) is 0 Å². The molecule has 4 heteroatoms. The number of hydrogen-bond donors (Lipinski definition) is 1. The Kier molecular flexibility index (Phi) is 6.97. The summed E-state index contributed by atoms with van der Waals surface area (Å²) in [7, 11) is 2.11. The molecule has 1 amide bonds. The van der Waals surface area contributed by atoms with E-state index in [9.17, 15) is 4.79 Å². The van der Waals surface area contributed by atoms with Crippen molar-refractivity contribution in [2.45, 2.75) is 57.9 Å². The Labute approximate surface area is 130 Å². The number of amides is 1. The average molecular weight is 295 g/mol. The molecule has 2 aliphatic rings. The van der Waals surface area contributed by atoms with E-state index in [2.05, 4.69) is 29.1 Å². The van der Waals surface area contributed by atoms with Crippen LogP contribution < -0.4 is 5.32 Å². The van der Waals surface area contributed by atoms with E-state index < -0.39 is 0 Å². The summed E-state index contributed by atoms with van der Waals surface area (Å²) in [4.78, 5) is 17.0. The molecule has 1 aliphatic heterocycles. The summed E-state index contributed by atoms with van der Waals surface area (Å²) in [6.45, 7) is 6.92. The highest BCUT2D eigenvalue weighted by Crippen LogP contribution is 2.22. The molecule has 21 heavy (non-hydrogen) atoms. The fraction of sp³-hybridized carbons (Fsp3) is 0.941. The maximum atomic E-state index is 12.6. The summed E-state index contributed by atoms with van der Waals surface area (Å²) in [6, 6.07) is 0.503. The van der Waals surface area contributed by atoms with E-state index >= 15 is 0 Å². The van der Waals surface area contributed by atoms with Gasteiger partial charge in [-0.2, -0.15) is 0 Å². The average Bonchev–Trinajstić information content (AvgIpc) is 2.50. The second-order valence-electron chi connectivity index (χ2n) is 6.86. The highest BCUT2D eigenvalue weighted by Gasteiger charge is 2.25. The van der Waals surface area contributed by atoms with Gasteiger partial charge in [0.1, 0.15) is 0 Å². The molecule has 0 unspecified atom stereocenters. The molecule has 1 saturated heterocycles. The zero-order valence-corrected chi connectivity index (χ0v) is 13.9. The zero-order chi connectivity index (χ0) is 15.1. The van der Waals surface area contributed by atoms with Crippen LogP contribution in [0.3, 0.4) is 0 Å². The van der Waals surface area contributed by atoms with Gasteiger partial charge in [0.2, 0.25) is 5.91 Å². The van der Waals surface area contributed by atoms with E-state index in [1.807, 2.05) is 0 Å². The molecule has 1 aliphatic carbocycles. The molecular weight excluding hydrogens is 262 g/mol. The lowest BCUT2D eigenvalue weighted by molar-refractivity contribution is -0.135. The molecule has 1 N–H and O–H groups in total. The van der Waals surface area contributed by atoms with Gasteiger partial charge >= 0.3 is 0 Å². The van der Waals surface area contributed by atoms with Crippen molar-refractivity contribution < 1.29 is 4.79 Å². The molecule has 4 nitrogen and oxygen atoms in total. The third-order valence-electron chi connectivity index (χ3n) is 5.11. The van der Waals surface area contributed by atoms with Crippen LogP contribution in [0.4, 0.5) is 0 Å². The van der Waals surface area contributed by atoms with E-state index in [0.29, 0.717) is 18.5 Å². The number of nitrogens with one attached hydrogen (secondary N) is 1. The topological polar surface area (TPSA) is 35.6 Å². The number of likely N-dealkylation sites (N-methyl/N-ethyl adjacent to an activating group) is 2. The summed E-state index contributed by atoms with van der Waals surface area (Å²) in [5.74, 6) is 1.09. The number of rotatable bonds is 6. The molecule has 2 rings (SSSR count). The van der Waals surface area contributed by atoms with Gasteiger partial charge in [0.25, 0.3) is 0 Å². The predicted molar refractivity (Wildman–Crippen MR) is 87.4 cm³/mol. The molecule has 1 heterocycles. The standard InChI is InChI=1S/C17H33N3O/c1-3-20(16-7-5-4-6-8-16)17(21)14-19(2)13-15-9-11-18-12-10-15/h15-16,18H,3-14H2,1-2H3. The lowest BCUT2D eigenvalue weighted by atomic mass is 9.94. The monoisotopic (exact) mass is 295 g/mol. The number of carbonyl (C=O) groups is 1. The van der Waals surface area contributed by atoms with Crippen molar-refractivity contribution in [2.24, 2.45) is 5.92 Å². The predicted octanol–water partition coefficient (Wildman–Crippen LogP) is 2.10. The first kappa shape index (κ1) is 16.8. The molecule has 0 aromatic heterocycles. The zero-order valence-electron chi connectivity index (χ0n) is 13.9. The Morgan fingerprint density at radius 2 is 1.76 bits per heavy atom. The molecule has 2 fully saturated rings. The fourth-order valence-electron chi connectivity index (χ4n) is 3.92. The van der Waals surface area contributed by atoms with Gasteiger partial charge in [-0.1, -0.05) is 19.3 Å². The second-order valence-corrected chi connectivity index (χ2v) is 6.86. The quantitative estimate of drug-likeness (QED) is 0.815. The van der Waals surface area contributed by atoms with E-state index in [1.165, 1.54) is 44.9 Å². The van der Waals surface area contributed by atoms with Crippen LogP contribution >= 0.6 is 0 Å². The SMILES string of the molecule is CCN(C(=O)CN(C)CC1CCNCC1)C1CCCCC1. The molecule has 0 aromatic rings. The van der Waals surface area contributed by atoms with E-state index in [4.69, 9.17) is 0 Å². The van der Waals surface area contributed by atoms with Crippen molar-refractivity contribution >= 4 is 5.91 Å². The minimum atomic E-state index is 0.334. The summed E-state index contributed by atoms with van der Waals surface area (Å²) in [5.41, 5.74) is 0. The smallest absolute Gasteiger partial charge is 0.236 e. The highest BCUT2D eigenvalue weighted by atomic mass is 16.2. The van der Waals surface area contributed by atoms with Gasteiger partial charge in [0.05, 0.1) is 6.54 Å². The van der Waals surface area contributed by atoms with Crippen LogP contribution in [-0.2, 0) is 4.79 Å². The molecule has 0 bridgehead atoms. The van der Waals surface area contributed by atoms with Crippen LogP contribution in [0.2, 0.25) is 0 Å². The van der Waals surface area contributed by atoms with Gasteiger partial charge in [0, 0.05) is 19.1 Å². The van der Waals surface area contributed by atoms with Crippen molar-refractivity contribution in [3.05, 3.63) is 0 Å². The first-order chi connectivity index (χ1) is 10.2. The van der Waals surface area contributed by atoms with Crippen molar-refractivity contribution in [3.63, 3.8) is 0 Å².